The number of benzene rings is 1. The molecule has 0 unspecified atom stereocenters. The van der Waals surface area contributed by atoms with E-state index in [0.717, 1.165) is 5.56 Å². The van der Waals surface area contributed by atoms with Crippen molar-refractivity contribution < 1.29 is 5.11 Å². The van der Waals surface area contributed by atoms with Crippen LogP contribution >= 0.6 is 23.2 Å². The van der Waals surface area contributed by atoms with Crippen molar-refractivity contribution in [3.63, 3.8) is 0 Å². The largest absolute Gasteiger partial charge is 0.394 e. The highest BCUT2D eigenvalue weighted by Crippen LogP contribution is 2.25. The van der Waals surface area contributed by atoms with Crippen LogP contribution in [0.2, 0.25) is 10.0 Å². The minimum atomic E-state index is -0.0882. The van der Waals surface area contributed by atoms with Crippen molar-refractivity contribution >= 4 is 23.2 Å². The number of aliphatic hydroxyl groups is 1. The summed E-state index contributed by atoms with van der Waals surface area (Å²) in [6.45, 7) is 0.0362. The molecule has 0 fully saturated rings. The second-order valence-electron chi connectivity index (χ2n) is 2.70. The number of hydrogen-bond acceptors (Lipinski definition) is 2. The predicted octanol–water partition coefficient (Wildman–Crippen LogP) is 2.25. The van der Waals surface area contributed by atoms with E-state index in [2.05, 4.69) is 5.32 Å². The van der Waals surface area contributed by atoms with Gasteiger partial charge in [-0.2, -0.15) is 0 Å². The van der Waals surface area contributed by atoms with E-state index < -0.39 is 0 Å². The van der Waals surface area contributed by atoms with Gasteiger partial charge in [-0.25, -0.2) is 0 Å². The lowest BCUT2D eigenvalue weighted by Gasteiger charge is -2.13. The van der Waals surface area contributed by atoms with Crippen LogP contribution in [-0.4, -0.2) is 18.8 Å². The summed E-state index contributed by atoms with van der Waals surface area (Å²) in [5.74, 6) is 0. The van der Waals surface area contributed by atoms with Crippen LogP contribution in [0, 0.1) is 0 Å². The van der Waals surface area contributed by atoms with Gasteiger partial charge in [0.05, 0.1) is 22.7 Å². The fourth-order valence-electron chi connectivity index (χ4n) is 1.09. The average Bonchev–Trinajstić information content (AvgIpc) is 2.13. The van der Waals surface area contributed by atoms with Crippen molar-refractivity contribution in [2.24, 2.45) is 0 Å². The first-order chi connectivity index (χ1) is 6.19. The average molecular weight is 220 g/mol. The Labute approximate surface area is 87.5 Å². The number of rotatable bonds is 3. The molecular weight excluding hydrogens is 209 g/mol. The van der Waals surface area contributed by atoms with E-state index in [1.54, 1.807) is 19.2 Å². The van der Waals surface area contributed by atoms with Crippen LogP contribution in [0.4, 0.5) is 0 Å². The Bertz CT molecular complexity index is 287. The highest BCUT2D eigenvalue weighted by atomic mass is 35.5. The molecule has 0 bridgehead atoms. The molecule has 0 spiro atoms. The van der Waals surface area contributed by atoms with Gasteiger partial charge < -0.3 is 10.4 Å². The van der Waals surface area contributed by atoms with Gasteiger partial charge in [-0.1, -0.05) is 29.3 Å². The summed E-state index contributed by atoms with van der Waals surface area (Å²) >= 11 is 11.6. The fourth-order valence-corrected chi connectivity index (χ4v) is 1.40. The SMILES string of the molecule is CN[C@H](CO)c1ccc(Cl)c(Cl)c1. The summed E-state index contributed by atoms with van der Waals surface area (Å²) in [5, 5.41) is 13.0. The van der Waals surface area contributed by atoms with Crippen LogP contribution in [0.3, 0.4) is 0 Å². The van der Waals surface area contributed by atoms with Gasteiger partial charge >= 0.3 is 0 Å². The molecule has 13 heavy (non-hydrogen) atoms. The van der Waals surface area contributed by atoms with Gasteiger partial charge in [0.2, 0.25) is 0 Å². The van der Waals surface area contributed by atoms with Crippen molar-refractivity contribution in [3.8, 4) is 0 Å². The molecule has 1 aromatic rings. The third-order valence-corrected chi connectivity index (χ3v) is 2.62. The van der Waals surface area contributed by atoms with E-state index >= 15 is 0 Å². The number of hydrogen-bond donors (Lipinski definition) is 2. The van der Waals surface area contributed by atoms with Crippen LogP contribution in [0.25, 0.3) is 0 Å². The maximum absolute atomic E-state index is 9.00. The van der Waals surface area contributed by atoms with Crippen LogP contribution in [0.5, 0.6) is 0 Å². The van der Waals surface area contributed by atoms with E-state index in [-0.39, 0.29) is 12.6 Å². The molecule has 0 radical (unpaired) electrons. The maximum Gasteiger partial charge on any atom is 0.0626 e. The van der Waals surface area contributed by atoms with Gasteiger partial charge in [0.25, 0.3) is 0 Å². The zero-order valence-electron chi connectivity index (χ0n) is 7.22. The topological polar surface area (TPSA) is 32.3 Å². The molecule has 0 saturated carbocycles. The Kier molecular flexibility index (Phi) is 4.00. The van der Waals surface area contributed by atoms with E-state index in [9.17, 15) is 0 Å². The Hall–Kier alpha value is -0.280. The first-order valence-corrected chi connectivity index (χ1v) is 4.67. The quantitative estimate of drug-likeness (QED) is 0.818. The lowest BCUT2D eigenvalue weighted by molar-refractivity contribution is 0.251. The third-order valence-electron chi connectivity index (χ3n) is 1.88. The van der Waals surface area contributed by atoms with Crippen molar-refractivity contribution in [2.75, 3.05) is 13.7 Å². The van der Waals surface area contributed by atoms with Crippen LogP contribution in [0.1, 0.15) is 11.6 Å². The number of halogens is 2. The smallest absolute Gasteiger partial charge is 0.0626 e. The molecule has 2 N–H and O–H groups in total. The van der Waals surface area contributed by atoms with Gasteiger partial charge in [0.1, 0.15) is 0 Å². The molecule has 1 rings (SSSR count). The second kappa shape index (κ2) is 4.82. The molecule has 0 aliphatic heterocycles. The third kappa shape index (κ3) is 2.58. The highest BCUT2D eigenvalue weighted by Gasteiger charge is 2.08. The maximum atomic E-state index is 9.00. The van der Waals surface area contributed by atoms with Gasteiger partial charge in [0, 0.05) is 0 Å². The summed E-state index contributed by atoms with van der Waals surface area (Å²) in [6.07, 6.45) is 0. The summed E-state index contributed by atoms with van der Waals surface area (Å²) in [6, 6.07) is 5.22. The highest BCUT2D eigenvalue weighted by molar-refractivity contribution is 6.42. The van der Waals surface area contributed by atoms with Crippen LogP contribution in [0.15, 0.2) is 18.2 Å². The second-order valence-corrected chi connectivity index (χ2v) is 3.51. The van der Waals surface area contributed by atoms with E-state index in [0.29, 0.717) is 10.0 Å². The Morgan fingerprint density at radius 3 is 2.54 bits per heavy atom. The van der Waals surface area contributed by atoms with Crippen LogP contribution < -0.4 is 5.32 Å². The lowest BCUT2D eigenvalue weighted by Crippen LogP contribution is -2.19. The van der Waals surface area contributed by atoms with Crippen LogP contribution in [-0.2, 0) is 0 Å². The first-order valence-electron chi connectivity index (χ1n) is 3.92. The van der Waals surface area contributed by atoms with Gasteiger partial charge in [-0.3, -0.25) is 0 Å². The van der Waals surface area contributed by atoms with Gasteiger partial charge in [0.15, 0.2) is 0 Å². The molecule has 0 heterocycles. The number of likely N-dealkylation sites (N-methyl/N-ethyl adjacent to an activating group) is 1. The van der Waals surface area contributed by atoms with Crippen molar-refractivity contribution in [1.29, 1.82) is 0 Å². The number of aliphatic hydroxyl groups excluding tert-OH is 1. The molecule has 4 heteroatoms. The molecule has 72 valence electrons. The van der Waals surface area contributed by atoms with E-state index in [4.69, 9.17) is 28.3 Å². The monoisotopic (exact) mass is 219 g/mol. The molecule has 0 saturated heterocycles. The normalized spacial score (nSPS) is 12.9. The fraction of sp³-hybridized carbons (Fsp3) is 0.333. The Morgan fingerprint density at radius 1 is 1.38 bits per heavy atom. The molecule has 0 aromatic heterocycles. The summed E-state index contributed by atoms with van der Waals surface area (Å²) in [5.41, 5.74) is 0.930. The first kappa shape index (κ1) is 10.8. The Balaban J connectivity index is 2.95. The minimum absolute atomic E-state index is 0.0362. The lowest BCUT2D eigenvalue weighted by atomic mass is 10.1. The molecule has 1 atom stereocenters. The van der Waals surface area contributed by atoms with Crippen molar-refractivity contribution in [2.45, 2.75) is 6.04 Å². The molecule has 0 aliphatic carbocycles. The summed E-state index contributed by atoms with van der Waals surface area (Å²) in [4.78, 5) is 0. The van der Waals surface area contributed by atoms with Gasteiger partial charge in [-0.05, 0) is 24.7 Å². The molecule has 2 nitrogen and oxygen atoms in total. The molecule has 1 aromatic carbocycles. The zero-order valence-corrected chi connectivity index (χ0v) is 8.73. The standard InChI is InChI=1S/C9H11Cl2NO/c1-12-9(5-13)6-2-3-7(10)8(11)4-6/h2-4,9,12-13H,5H2,1H3/t9-/m1/s1. The zero-order chi connectivity index (χ0) is 9.84. The van der Waals surface area contributed by atoms with Crippen molar-refractivity contribution in [1.82, 2.24) is 5.32 Å². The molecule has 0 aliphatic rings. The predicted molar refractivity (Wildman–Crippen MR) is 55.3 cm³/mol. The molecular formula is C9H11Cl2NO. The summed E-state index contributed by atoms with van der Waals surface area (Å²) in [7, 11) is 1.78. The Morgan fingerprint density at radius 2 is 2.08 bits per heavy atom. The number of nitrogens with one attached hydrogen (secondary N) is 1. The summed E-state index contributed by atoms with van der Waals surface area (Å²) < 4.78 is 0. The minimum Gasteiger partial charge on any atom is -0.394 e. The van der Waals surface area contributed by atoms with Crippen molar-refractivity contribution in [3.05, 3.63) is 33.8 Å². The van der Waals surface area contributed by atoms with E-state index in [1.165, 1.54) is 0 Å². The molecule has 0 amide bonds. The van der Waals surface area contributed by atoms with Gasteiger partial charge in [-0.15, -0.1) is 0 Å². The van der Waals surface area contributed by atoms with E-state index in [1.807, 2.05) is 6.07 Å².